The molecular formula is C24H35N5O2. The summed E-state index contributed by atoms with van der Waals surface area (Å²) in [5, 5.41) is 6.32. The zero-order valence-corrected chi connectivity index (χ0v) is 19.3. The lowest BCUT2D eigenvalue weighted by molar-refractivity contribution is 0.0951. The van der Waals surface area contributed by atoms with Gasteiger partial charge in [0, 0.05) is 45.8 Å². The molecule has 0 radical (unpaired) electrons. The lowest BCUT2D eigenvalue weighted by Crippen LogP contribution is -2.38. The monoisotopic (exact) mass is 425 g/mol. The Kier molecular flexibility index (Phi) is 9.84. The summed E-state index contributed by atoms with van der Waals surface area (Å²) < 4.78 is 5.50. The van der Waals surface area contributed by atoms with Gasteiger partial charge in [0.25, 0.3) is 5.91 Å². The Balaban J connectivity index is 1.90. The summed E-state index contributed by atoms with van der Waals surface area (Å²) in [6.07, 6.45) is 0. The van der Waals surface area contributed by atoms with Crippen LogP contribution in [-0.2, 0) is 13.1 Å². The van der Waals surface area contributed by atoms with Gasteiger partial charge in [-0.05, 0) is 56.4 Å². The van der Waals surface area contributed by atoms with E-state index in [0.29, 0.717) is 25.3 Å². The van der Waals surface area contributed by atoms with Gasteiger partial charge in [0.05, 0.1) is 6.61 Å². The number of ether oxygens (including phenoxy) is 1. The lowest BCUT2D eigenvalue weighted by atomic mass is 10.1. The normalized spacial score (nSPS) is 11.4. The van der Waals surface area contributed by atoms with Crippen molar-refractivity contribution >= 4 is 11.9 Å². The van der Waals surface area contributed by atoms with Gasteiger partial charge >= 0.3 is 0 Å². The number of nitrogens with zero attached hydrogens (tertiary/aromatic N) is 3. The Bertz CT molecular complexity index is 849. The first-order chi connectivity index (χ1) is 14.9. The summed E-state index contributed by atoms with van der Waals surface area (Å²) in [7, 11) is 7.74. The highest BCUT2D eigenvalue weighted by Crippen LogP contribution is 2.13. The second kappa shape index (κ2) is 12.6. The number of carbonyl (C=O) groups excluding carboxylic acids is 1. The number of nitrogens with one attached hydrogen (secondary N) is 2. The van der Waals surface area contributed by atoms with Crippen molar-refractivity contribution in [2.24, 2.45) is 4.99 Å². The molecule has 0 saturated carbocycles. The highest BCUT2D eigenvalue weighted by molar-refractivity contribution is 5.94. The van der Waals surface area contributed by atoms with Crippen LogP contribution in [-0.4, -0.2) is 69.6 Å². The molecule has 2 aromatic rings. The maximum absolute atomic E-state index is 12.4. The molecule has 0 fully saturated rings. The highest BCUT2D eigenvalue weighted by atomic mass is 16.5. The molecule has 0 bridgehead atoms. The van der Waals surface area contributed by atoms with Crippen molar-refractivity contribution in [2.75, 3.05) is 47.9 Å². The van der Waals surface area contributed by atoms with Crippen molar-refractivity contribution in [1.29, 1.82) is 0 Å². The second-order valence-corrected chi connectivity index (χ2v) is 7.59. The Morgan fingerprint density at radius 2 is 1.77 bits per heavy atom. The Labute approximate surface area is 186 Å². The van der Waals surface area contributed by atoms with Crippen LogP contribution in [0, 0.1) is 0 Å². The van der Waals surface area contributed by atoms with E-state index in [2.05, 4.69) is 32.7 Å². The van der Waals surface area contributed by atoms with Gasteiger partial charge in [-0.2, -0.15) is 0 Å². The number of hydrogen-bond donors (Lipinski definition) is 2. The highest BCUT2D eigenvalue weighted by Gasteiger charge is 2.09. The van der Waals surface area contributed by atoms with Crippen LogP contribution in [0.2, 0.25) is 0 Å². The van der Waals surface area contributed by atoms with Gasteiger partial charge in [0.1, 0.15) is 5.75 Å². The zero-order valence-electron chi connectivity index (χ0n) is 19.3. The molecule has 7 nitrogen and oxygen atoms in total. The molecule has 168 valence electrons. The molecule has 0 aliphatic rings. The van der Waals surface area contributed by atoms with E-state index in [1.54, 1.807) is 7.05 Å². The number of amides is 1. The summed E-state index contributed by atoms with van der Waals surface area (Å²) in [6.45, 7) is 5.38. The summed E-state index contributed by atoms with van der Waals surface area (Å²) in [5.74, 6) is 1.61. The van der Waals surface area contributed by atoms with Crippen molar-refractivity contribution in [2.45, 2.75) is 20.0 Å². The van der Waals surface area contributed by atoms with Crippen LogP contribution >= 0.6 is 0 Å². The molecule has 1 amide bonds. The van der Waals surface area contributed by atoms with Gasteiger partial charge in [-0.15, -0.1) is 0 Å². The molecule has 0 atom stereocenters. The van der Waals surface area contributed by atoms with E-state index in [-0.39, 0.29) is 5.91 Å². The van der Waals surface area contributed by atoms with Crippen molar-refractivity contribution in [1.82, 2.24) is 20.4 Å². The minimum atomic E-state index is -0.0549. The smallest absolute Gasteiger partial charge is 0.251 e. The minimum absolute atomic E-state index is 0.0549. The standard InChI is InChI=1S/C24H35N5O2/c1-6-31-22-12-10-19(11-13-22)18-29(5)24(25-2)27-17-20-8-7-9-21(16-20)23(30)26-14-15-28(3)4/h7-13,16H,6,14-15,17-18H2,1-5H3,(H,25,27)(H,26,30). The first-order valence-electron chi connectivity index (χ1n) is 10.6. The predicted molar refractivity (Wildman–Crippen MR) is 127 cm³/mol. The summed E-state index contributed by atoms with van der Waals surface area (Å²) in [6, 6.07) is 15.8. The lowest BCUT2D eigenvalue weighted by Gasteiger charge is -2.22. The molecule has 0 aromatic heterocycles. The first kappa shape index (κ1) is 24.2. The average molecular weight is 426 g/mol. The third kappa shape index (κ3) is 8.30. The first-order valence-corrected chi connectivity index (χ1v) is 10.6. The number of rotatable bonds is 10. The topological polar surface area (TPSA) is 69.2 Å². The SMILES string of the molecule is CCOc1ccc(CN(C)C(=NC)NCc2cccc(C(=O)NCCN(C)C)c2)cc1. The quantitative estimate of drug-likeness (QED) is 0.452. The second-order valence-electron chi connectivity index (χ2n) is 7.59. The van der Waals surface area contributed by atoms with E-state index in [0.717, 1.165) is 30.4 Å². The van der Waals surface area contributed by atoms with Crippen LogP contribution in [0.4, 0.5) is 0 Å². The molecule has 0 aliphatic heterocycles. The number of benzene rings is 2. The van der Waals surface area contributed by atoms with Gasteiger partial charge in [0.2, 0.25) is 0 Å². The third-order valence-corrected chi connectivity index (χ3v) is 4.71. The number of carbonyl (C=O) groups is 1. The van der Waals surface area contributed by atoms with Crippen LogP contribution < -0.4 is 15.4 Å². The van der Waals surface area contributed by atoms with Crippen LogP contribution in [0.3, 0.4) is 0 Å². The fourth-order valence-electron chi connectivity index (χ4n) is 3.09. The van der Waals surface area contributed by atoms with E-state index < -0.39 is 0 Å². The number of likely N-dealkylation sites (N-methyl/N-ethyl adjacent to an activating group) is 1. The van der Waals surface area contributed by atoms with Crippen LogP contribution in [0.15, 0.2) is 53.5 Å². The van der Waals surface area contributed by atoms with Crippen molar-refractivity contribution in [3.05, 3.63) is 65.2 Å². The van der Waals surface area contributed by atoms with Crippen molar-refractivity contribution in [3.63, 3.8) is 0 Å². The maximum Gasteiger partial charge on any atom is 0.251 e. The Morgan fingerprint density at radius 1 is 1.03 bits per heavy atom. The van der Waals surface area contributed by atoms with E-state index in [1.807, 2.05) is 69.4 Å². The fourth-order valence-corrected chi connectivity index (χ4v) is 3.09. The maximum atomic E-state index is 12.4. The van der Waals surface area contributed by atoms with Gasteiger partial charge < -0.3 is 25.2 Å². The van der Waals surface area contributed by atoms with Crippen molar-refractivity contribution in [3.8, 4) is 5.75 Å². The molecular weight excluding hydrogens is 390 g/mol. The molecule has 2 rings (SSSR count). The minimum Gasteiger partial charge on any atom is -0.494 e. The number of guanidine groups is 1. The summed E-state index contributed by atoms with van der Waals surface area (Å²) in [4.78, 5) is 20.8. The molecule has 0 spiro atoms. The third-order valence-electron chi connectivity index (χ3n) is 4.71. The predicted octanol–water partition coefficient (Wildman–Crippen LogP) is 2.58. The molecule has 2 N–H and O–H groups in total. The molecule has 31 heavy (non-hydrogen) atoms. The van der Waals surface area contributed by atoms with E-state index in [1.165, 1.54) is 5.56 Å². The largest absolute Gasteiger partial charge is 0.494 e. The van der Waals surface area contributed by atoms with Gasteiger partial charge in [-0.25, -0.2) is 0 Å². The molecule has 0 heterocycles. The molecule has 0 aliphatic carbocycles. The van der Waals surface area contributed by atoms with Crippen LogP contribution in [0.5, 0.6) is 5.75 Å². The van der Waals surface area contributed by atoms with E-state index in [9.17, 15) is 4.79 Å². The van der Waals surface area contributed by atoms with Gasteiger partial charge in [-0.3, -0.25) is 9.79 Å². The zero-order chi connectivity index (χ0) is 22.6. The van der Waals surface area contributed by atoms with Crippen LogP contribution in [0.1, 0.15) is 28.4 Å². The average Bonchev–Trinajstić information content (AvgIpc) is 2.75. The van der Waals surface area contributed by atoms with E-state index >= 15 is 0 Å². The number of aliphatic imine (C=N–C) groups is 1. The Morgan fingerprint density at radius 3 is 2.42 bits per heavy atom. The molecule has 0 saturated heterocycles. The Hall–Kier alpha value is -3.06. The fraction of sp³-hybridized carbons (Fsp3) is 0.417. The van der Waals surface area contributed by atoms with E-state index in [4.69, 9.17) is 4.74 Å². The summed E-state index contributed by atoms with van der Waals surface area (Å²) >= 11 is 0. The summed E-state index contributed by atoms with van der Waals surface area (Å²) in [5.41, 5.74) is 2.86. The molecule has 0 unspecified atom stereocenters. The van der Waals surface area contributed by atoms with Gasteiger partial charge in [-0.1, -0.05) is 24.3 Å². The van der Waals surface area contributed by atoms with Crippen molar-refractivity contribution < 1.29 is 9.53 Å². The molecule has 2 aromatic carbocycles. The van der Waals surface area contributed by atoms with Gasteiger partial charge in [0.15, 0.2) is 5.96 Å². The molecule has 7 heteroatoms. The van der Waals surface area contributed by atoms with Crippen LogP contribution in [0.25, 0.3) is 0 Å². The number of hydrogen-bond acceptors (Lipinski definition) is 4.